The molecule has 1 N–H and O–H groups in total. The lowest BCUT2D eigenvalue weighted by atomic mass is 10.0. The van der Waals surface area contributed by atoms with E-state index < -0.39 is 6.04 Å². The molecule has 1 amide bonds. The minimum Gasteiger partial charge on any atom is -0.324 e. The van der Waals surface area contributed by atoms with Crippen LogP contribution in [0.2, 0.25) is 0 Å². The number of nitrogens with one attached hydrogen (secondary N) is 1. The first-order chi connectivity index (χ1) is 11.0. The second kappa shape index (κ2) is 7.05. The van der Waals surface area contributed by atoms with Crippen molar-refractivity contribution >= 4 is 11.6 Å². The van der Waals surface area contributed by atoms with Gasteiger partial charge in [0, 0.05) is 5.69 Å². The second-order valence-electron chi connectivity index (χ2n) is 5.40. The maximum atomic E-state index is 12.6. The molecule has 0 fully saturated rings. The van der Waals surface area contributed by atoms with E-state index in [9.17, 15) is 4.79 Å². The molecule has 2 aromatic rings. The third-order valence-corrected chi connectivity index (χ3v) is 4.03. The number of para-hydroxylation sites is 1. The number of aryl methyl sites for hydroxylation is 2. The summed E-state index contributed by atoms with van der Waals surface area (Å²) < 4.78 is 1.48. The highest BCUT2D eigenvalue weighted by Crippen LogP contribution is 2.24. The first kappa shape index (κ1) is 16.7. The molecule has 1 aromatic carbocycles. The van der Waals surface area contributed by atoms with Crippen molar-refractivity contribution in [2.24, 2.45) is 0 Å². The van der Waals surface area contributed by atoms with E-state index in [0.29, 0.717) is 5.69 Å². The standard InChI is InChI=1S/C17H21N5O/c1-5-13-8-7-9-14(6-2)16(13)19-17(23)12(4)22-11(3)15(10-18)20-21-22/h7-9,12H,5-6H2,1-4H3,(H,19,23). The van der Waals surface area contributed by atoms with Gasteiger partial charge in [-0.1, -0.05) is 37.3 Å². The van der Waals surface area contributed by atoms with E-state index in [1.165, 1.54) is 4.68 Å². The average molecular weight is 311 g/mol. The summed E-state index contributed by atoms with van der Waals surface area (Å²) in [5.74, 6) is -0.168. The number of carbonyl (C=O) groups is 1. The molecule has 0 aliphatic rings. The van der Waals surface area contributed by atoms with E-state index in [-0.39, 0.29) is 11.6 Å². The molecule has 120 valence electrons. The summed E-state index contributed by atoms with van der Waals surface area (Å²) in [6, 6.07) is 7.48. The number of hydrogen-bond acceptors (Lipinski definition) is 4. The van der Waals surface area contributed by atoms with Crippen molar-refractivity contribution in [3.63, 3.8) is 0 Å². The molecule has 0 aliphatic heterocycles. The molecule has 0 saturated heterocycles. The summed E-state index contributed by atoms with van der Waals surface area (Å²) in [5.41, 5.74) is 3.94. The SMILES string of the molecule is CCc1cccc(CC)c1NC(=O)C(C)n1nnc(C#N)c1C. The molecule has 1 atom stereocenters. The Bertz CT molecular complexity index is 735. The quantitative estimate of drug-likeness (QED) is 0.920. The highest BCUT2D eigenvalue weighted by molar-refractivity contribution is 5.95. The van der Waals surface area contributed by atoms with Gasteiger partial charge >= 0.3 is 0 Å². The monoisotopic (exact) mass is 311 g/mol. The van der Waals surface area contributed by atoms with Gasteiger partial charge in [-0.3, -0.25) is 4.79 Å². The van der Waals surface area contributed by atoms with Crippen LogP contribution in [0, 0.1) is 18.3 Å². The third-order valence-electron chi connectivity index (χ3n) is 4.03. The Balaban J connectivity index is 2.29. The fourth-order valence-corrected chi connectivity index (χ4v) is 2.55. The summed E-state index contributed by atoms with van der Waals surface area (Å²) in [5, 5.41) is 19.7. The molecule has 6 heteroatoms. The highest BCUT2D eigenvalue weighted by atomic mass is 16.2. The van der Waals surface area contributed by atoms with Crippen LogP contribution in [0.3, 0.4) is 0 Å². The van der Waals surface area contributed by atoms with Crippen LogP contribution in [0.1, 0.15) is 49.3 Å². The van der Waals surface area contributed by atoms with Crippen LogP contribution in [-0.2, 0) is 17.6 Å². The van der Waals surface area contributed by atoms with Crippen molar-refractivity contribution in [2.45, 2.75) is 46.6 Å². The van der Waals surface area contributed by atoms with Gasteiger partial charge in [0.1, 0.15) is 12.1 Å². The summed E-state index contributed by atoms with van der Waals surface area (Å²) in [7, 11) is 0. The molecule has 0 radical (unpaired) electrons. The molecule has 1 aromatic heterocycles. The summed E-state index contributed by atoms with van der Waals surface area (Å²) in [6.45, 7) is 7.61. The normalized spacial score (nSPS) is 11.8. The lowest BCUT2D eigenvalue weighted by molar-refractivity contribution is -0.119. The number of nitriles is 1. The number of carbonyl (C=O) groups excluding carboxylic acids is 1. The van der Waals surface area contributed by atoms with Crippen molar-refractivity contribution in [1.82, 2.24) is 15.0 Å². The van der Waals surface area contributed by atoms with Crippen molar-refractivity contribution in [3.8, 4) is 6.07 Å². The predicted molar refractivity (Wildman–Crippen MR) is 88.0 cm³/mol. The van der Waals surface area contributed by atoms with E-state index >= 15 is 0 Å². The van der Waals surface area contributed by atoms with Gasteiger partial charge in [-0.2, -0.15) is 5.26 Å². The first-order valence-electron chi connectivity index (χ1n) is 7.76. The number of anilines is 1. The van der Waals surface area contributed by atoms with Gasteiger partial charge in [-0.25, -0.2) is 4.68 Å². The Morgan fingerprint density at radius 3 is 2.43 bits per heavy atom. The van der Waals surface area contributed by atoms with Crippen molar-refractivity contribution in [3.05, 3.63) is 40.7 Å². The van der Waals surface area contributed by atoms with Crippen LogP contribution in [0.15, 0.2) is 18.2 Å². The molecular weight excluding hydrogens is 290 g/mol. The molecular formula is C17H21N5O. The predicted octanol–water partition coefficient (Wildman–Crippen LogP) is 2.78. The van der Waals surface area contributed by atoms with Gasteiger partial charge in [0.25, 0.3) is 0 Å². The molecule has 0 aliphatic carbocycles. The Morgan fingerprint density at radius 1 is 1.35 bits per heavy atom. The van der Waals surface area contributed by atoms with E-state index in [1.807, 2.05) is 24.3 Å². The number of rotatable bonds is 5. The zero-order valence-corrected chi connectivity index (χ0v) is 13.9. The summed E-state index contributed by atoms with van der Waals surface area (Å²) in [4.78, 5) is 12.6. The van der Waals surface area contributed by atoms with Crippen molar-refractivity contribution < 1.29 is 4.79 Å². The van der Waals surface area contributed by atoms with Gasteiger partial charge in [-0.05, 0) is 37.8 Å². The number of amides is 1. The van der Waals surface area contributed by atoms with Crippen LogP contribution in [0.5, 0.6) is 0 Å². The van der Waals surface area contributed by atoms with Crippen LogP contribution >= 0.6 is 0 Å². The Kier molecular flexibility index (Phi) is 5.12. The zero-order valence-electron chi connectivity index (χ0n) is 13.9. The average Bonchev–Trinajstić information content (AvgIpc) is 2.94. The Morgan fingerprint density at radius 2 is 1.96 bits per heavy atom. The molecule has 23 heavy (non-hydrogen) atoms. The zero-order chi connectivity index (χ0) is 17.0. The highest BCUT2D eigenvalue weighted by Gasteiger charge is 2.21. The third kappa shape index (κ3) is 3.24. The fourth-order valence-electron chi connectivity index (χ4n) is 2.55. The maximum absolute atomic E-state index is 12.6. The second-order valence-corrected chi connectivity index (χ2v) is 5.40. The Hall–Kier alpha value is -2.68. The summed E-state index contributed by atoms with van der Waals surface area (Å²) >= 11 is 0. The largest absolute Gasteiger partial charge is 0.324 e. The minimum atomic E-state index is -0.542. The van der Waals surface area contributed by atoms with Crippen LogP contribution in [0.4, 0.5) is 5.69 Å². The summed E-state index contributed by atoms with van der Waals surface area (Å²) in [6.07, 6.45) is 1.69. The lowest BCUT2D eigenvalue weighted by Crippen LogP contribution is -2.26. The number of nitrogens with zero attached hydrogens (tertiary/aromatic N) is 4. The molecule has 0 bridgehead atoms. The van der Waals surface area contributed by atoms with E-state index in [4.69, 9.17) is 5.26 Å². The van der Waals surface area contributed by atoms with Gasteiger partial charge in [0.2, 0.25) is 5.91 Å². The van der Waals surface area contributed by atoms with Crippen LogP contribution < -0.4 is 5.32 Å². The maximum Gasteiger partial charge on any atom is 0.249 e. The molecule has 0 spiro atoms. The van der Waals surface area contributed by atoms with E-state index in [2.05, 4.69) is 29.5 Å². The van der Waals surface area contributed by atoms with E-state index in [0.717, 1.165) is 29.7 Å². The molecule has 2 rings (SSSR count). The van der Waals surface area contributed by atoms with Gasteiger partial charge in [0.05, 0.1) is 5.69 Å². The minimum absolute atomic E-state index is 0.168. The molecule has 6 nitrogen and oxygen atoms in total. The number of hydrogen-bond donors (Lipinski definition) is 1. The van der Waals surface area contributed by atoms with Crippen LogP contribution in [0.25, 0.3) is 0 Å². The van der Waals surface area contributed by atoms with Crippen molar-refractivity contribution in [1.29, 1.82) is 5.26 Å². The number of benzene rings is 1. The Labute approximate surface area is 136 Å². The topological polar surface area (TPSA) is 83.6 Å². The lowest BCUT2D eigenvalue weighted by Gasteiger charge is -2.18. The van der Waals surface area contributed by atoms with E-state index in [1.54, 1.807) is 13.8 Å². The van der Waals surface area contributed by atoms with Gasteiger partial charge in [0.15, 0.2) is 5.69 Å². The van der Waals surface area contributed by atoms with Gasteiger partial charge in [-0.15, -0.1) is 5.10 Å². The molecule has 1 heterocycles. The molecule has 1 unspecified atom stereocenters. The molecule has 0 saturated carbocycles. The first-order valence-corrected chi connectivity index (χ1v) is 7.76. The fraction of sp³-hybridized carbons (Fsp3) is 0.412. The van der Waals surface area contributed by atoms with Gasteiger partial charge < -0.3 is 5.32 Å². The number of aromatic nitrogens is 3. The smallest absolute Gasteiger partial charge is 0.249 e. The van der Waals surface area contributed by atoms with Crippen LogP contribution in [-0.4, -0.2) is 20.9 Å². The van der Waals surface area contributed by atoms with Crippen molar-refractivity contribution in [2.75, 3.05) is 5.32 Å².